The van der Waals surface area contributed by atoms with E-state index >= 15 is 0 Å². The molecule has 21 nitrogen and oxygen atoms in total. The van der Waals surface area contributed by atoms with Gasteiger partial charge >= 0.3 is 155 Å². The van der Waals surface area contributed by atoms with E-state index in [1.54, 1.807) is 18.7 Å². The van der Waals surface area contributed by atoms with Crippen molar-refractivity contribution in [2.24, 2.45) is 5.73 Å². The van der Waals surface area contributed by atoms with Gasteiger partial charge in [0.2, 0.25) is 6.41 Å². The Labute approximate surface area is 441 Å². The van der Waals surface area contributed by atoms with Crippen LogP contribution in [0.4, 0.5) is 4.39 Å². The van der Waals surface area contributed by atoms with Crippen molar-refractivity contribution >= 4 is 85.6 Å². The number of carbonyl (C=O) groups excluding carboxylic acids is 8. The normalized spacial score (nSPS) is 14.7. The molecule has 4 atom stereocenters. The number of ether oxygens (including phenoxy) is 2. The maximum atomic E-state index is 14.8. The van der Waals surface area contributed by atoms with Crippen molar-refractivity contribution in [1.29, 1.82) is 0 Å². The van der Waals surface area contributed by atoms with Crippen LogP contribution in [-0.2, 0) is 67.4 Å². The molecule has 0 spiro atoms. The fourth-order valence-corrected chi connectivity index (χ4v) is 8.92. The van der Waals surface area contributed by atoms with E-state index in [2.05, 4.69) is 49.0 Å². The average Bonchev–Trinajstić information content (AvgIpc) is 3.92. The topological polar surface area (TPSA) is 291 Å². The van der Waals surface area contributed by atoms with Crippen LogP contribution in [0.5, 0.6) is 0 Å². The smallest absolute Gasteiger partial charge is 0.372 e. The number of aryl methyl sites for hydroxylation is 1. The Hall–Kier alpha value is -5.77. The third kappa shape index (κ3) is 17.4. The molecule has 4 heterocycles. The van der Waals surface area contributed by atoms with Gasteiger partial charge in [0.15, 0.2) is 0 Å². The Bertz CT molecular complexity index is 2470. The van der Waals surface area contributed by atoms with Crippen LogP contribution in [0.2, 0.25) is 3.98 Å². The minimum absolute atomic E-state index is 0.00566. The number of aromatic nitrogens is 2. The van der Waals surface area contributed by atoms with E-state index in [1.807, 2.05) is 47.0 Å². The van der Waals surface area contributed by atoms with Crippen LogP contribution in [0.3, 0.4) is 0 Å². The number of nitrogens with two attached hydrogens (primary N) is 1. The zero-order chi connectivity index (χ0) is 54.6. The first-order valence-electron chi connectivity index (χ1n) is 23.7. The number of likely N-dealkylation sites (N-methyl/N-ethyl adjacent to an activating group) is 2. The zero-order valence-electron chi connectivity index (χ0n) is 42.7. The molecule has 0 saturated heterocycles. The van der Waals surface area contributed by atoms with Crippen molar-refractivity contribution in [2.75, 3.05) is 67.8 Å². The summed E-state index contributed by atoms with van der Waals surface area (Å²) in [7, 11) is 7.13. The molecule has 3 aliphatic rings. The summed E-state index contributed by atoms with van der Waals surface area (Å²) in [5.41, 5.74) is 11.0. The first kappa shape index (κ1) is 63.3. The monoisotopic (exact) mass is 1210 g/mol. The number of nitrogens with one attached hydrogen (secondary N) is 6. The van der Waals surface area contributed by atoms with Crippen LogP contribution in [0.25, 0.3) is 22.3 Å². The minimum atomic E-state index is -0.984. The number of nitrogens with zero attached hydrogens (tertiary/aromatic N) is 3. The fraction of sp³-hybridized carbons (Fsp3) is 0.480. The van der Waals surface area contributed by atoms with E-state index in [0.717, 1.165) is 96.9 Å². The maximum absolute atomic E-state index is 14.8. The molecule has 2 aliphatic heterocycles. The molecule has 2 aromatic heterocycles. The number of benzene rings is 1. The summed E-state index contributed by atoms with van der Waals surface area (Å²) in [4.78, 5) is 108. The second kappa shape index (κ2) is 33.9. The van der Waals surface area contributed by atoms with Crippen molar-refractivity contribution < 1.29 is 52.2 Å². The number of pyridine rings is 2. The van der Waals surface area contributed by atoms with Crippen LogP contribution in [0.1, 0.15) is 78.5 Å². The third-order valence-electron chi connectivity index (χ3n) is 11.6. The van der Waals surface area contributed by atoms with E-state index in [9.17, 15) is 42.7 Å². The molecular weight excluding hydrogens is 1140 g/mol. The van der Waals surface area contributed by atoms with Crippen LogP contribution in [-0.4, -0.2) is 169 Å². The summed E-state index contributed by atoms with van der Waals surface area (Å²) < 4.78 is 27.1. The SMILES string of the molecule is C=CCNC.CCC(C=O)c1cc2n(c(=O)c1COC)Cc1c-2nc2cc(F)c(C)c3c2c1C(NC)CC3.CCNCC(C(=O)NCCC(=O)NC(C=O)[CH2][Pb])N1C(=O)C=CC1=O.CNCOCC=O.NC=O. The average molecular weight is 1210 g/mol. The van der Waals surface area contributed by atoms with Crippen LogP contribution in [0, 0.1) is 12.7 Å². The summed E-state index contributed by atoms with van der Waals surface area (Å²) >= 11 is 0.789. The zero-order valence-corrected chi connectivity index (χ0v) is 46.6. The Morgan fingerprint density at radius 3 is 2.25 bits per heavy atom. The number of carbonyl (C=O) groups is 8. The van der Waals surface area contributed by atoms with E-state index in [1.165, 1.54) is 6.07 Å². The van der Waals surface area contributed by atoms with E-state index in [-0.39, 0.29) is 62.5 Å². The van der Waals surface area contributed by atoms with Crippen molar-refractivity contribution in [3.63, 3.8) is 0 Å². The summed E-state index contributed by atoms with van der Waals surface area (Å²) in [6.07, 6.45) is 8.84. The van der Waals surface area contributed by atoms with Gasteiger partial charge in [-0.05, 0) is 75.6 Å². The number of fused-ring (bicyclic) bond motifs is 4. The quantitative estimate of drug-likeness (QED) is 0.0133. The van der Waals surface area contributed by atoms with Crippen molar-refractivity contribution in [3.05, 3.63) is 86.5 Å². The third-order valence-corrected chi connectivity index (χ3v) is 13.3. The first-order chi connectivity index (χ1) is 35.1. The number of hydrogen-bond acceptors (Lipinski definition) is 16. The van der Waals surface area contributed by atoms with Gasteiger partial charge in [-0.3, -0.25) is 14.9 Å². The van der Waals surface area contributed by atoms with E-state index in [4.69, 9.17) is 14.5 Å². The van der Waals surface area contributed by atoms with E-state index < -0.39 is 35.7 Å². The predicted octanol–water partition coefficient (Wildman–Crippen LogP) is 0.457. The number of amides is 5. The second-order valence-electron chi connectivity index (χ2n) is 16.3. The van der Waals surface area contributed by atoms with Crippen LogP contribution in [0.15, 0.2) is 41.7 Å². The molecule has 3 radical (unpaired) electrons. The number of rotatable bonds is 23. The summed E-state index contributed by atoms with van der Waals surface area (Å²) in [6.45, 7) is 11.9. The predicted molar refractivity (Wildman–Crippen MR) is 275 cm³/mol. The number of aldehydes is 3. The Morgan fingerprint density at radius 1 is 1.04 bits per heavy atom. The van der Waals surface area contributed by atoms with Gasteiger partial charge in [-0.2, -0.15) is 0 Å². The number of methoxy groups -OCH3 is 1. The molecule has 8 N–H and O–H groups in total. The molecule has 6 rings (SSSR count). The first-order valence-corrected chi connectivity index (χ1v) is 26.4. The molecule has 0 fully saturated rings. The van der Waals surface area contributed by atoms with Gasteiger partial charge in [0, 0.05) is 48.2 Å². The molecule has 4 unspecified atom stereocenters. The summed E-state index contributed by atoms with van der Waals surface area (Å²) in [6, 6.07) is 2.06. The minimum Gasteiger partial charge on any atom is -0.372 e. The van der Waals surface area contributed by atoms with Gasteiger partial charge < -0.3 is 40.0 Å². The second-order valence-corrected chi connectivity index (χ2v) is 17.9. The van der Waals surface area contributed by atoms with Gasteiger partial charge in [0.05, 0.1) is 36.8 Å². The molecule has 73 heavy (non-hydrogen) atoms. The molecule has 1 aromatic carbocycles. The van der Waals surface area contributed by atoms with Gasteiger partial charge in [0.1, 0.15) is 25.0 Å². The van der Waals surface area contributed by atoms with Crippen molar-refractivity contribution in [3.8, 4) is 11.4 Å². The van der Waals surface area contributed by atoms with Crippen molar-refractivity contribution in [1.82, 2.24) is 46.4 Å². The van der Waals surface area contributed by atoms with Gasteiger partial charge in [-0.15, -0.1) is 6.58 Å². The summed E-state index contributed by atoms with van der Waals surface area (Å²) in [5.74, 6) is -2.59. The summed E-state index contributed by atoms with van der Waals surface area (Å²) in [5, 5.41) is 18.1. The molecule has 5 amide bonds. The van der Waals surface area contributed by atoms with Gasteiger partial charge in [-0.1, -0.05) is 19.9 Å². The number of hydrogen-bond donors (Lipinski definition) is 7. The van der Waals surface area contributed by atoms with Gasteiger partial charge in [-0.25, -0.2) is 9.37 Å². The Balaban J connectivity index is 0.000000401. The van der Waals surface area contributed by atoms with Gasteiger partial charge in [0.25, 0.3) is 5.56 Å². The van der Waals surface area contributed by atoms with Crippen LogP contribution < -0.4 is 43.2 Å². The number of primary amides is 1. The molecule has 1 aliphatic carbocycles. The van der Waals surface area contributed by atoms with Crippen molar-refractivity contribution in [2.45, 2.75) is 87.6 Å². The Kier molecular flexibility index (Phi) is 29.4. The standard InChI is InChI=1S/C26H28FN3O3.C15H21N4O5.C4H9NO2.C4H9N.CH3NO.Pb/c1-5-14(11-31)16-8-22-25-17(10-30(22)26(32)18(16)12-33-4)24-20(28-3)7-6-15-13(2)19(27)9-21(29-25)23(15)24;1-3-16-8-11(19-13(22)4-5-14(19)23)15(24)17-7-6-12(21)18-10(2)9-20;1-5-4-7-3-2-6;1-3-4-5-2;2-1-3;/h8-9,11,14,20,28H,5-7,10,12H2,1-4H3;4-5,9-11,16H,2-3,6-8H2,1H3,(H,17,24)(H,18,21);2,5H,3-4H2,1H3;3,5H,1,4H2,2H3;1H,(H2,2,3);. The number of halogens is 1. The number of imide groups is 1. The molecule has 23 heteroatoms. The molecular formula is C50H70FN10O11Pb. The molecule has 0 bridgehead atoms. The molecule has 3 aromatic rings. The molecule has 0 saturated carbocycles. The molecule has 397 valence electrons. The van der Waals surface area contributed by atoms with E-state index in [0.29, 0.717) is 70.1 Å². The fourth-order valence-electron chi connectivity index (χ4n) is 8.15. The van der Waals surface area contributed by atoms with Crippen LogP contribution >= 0.6 is 0 Å². The Morgan fingerprint density at radius 2 is 1.73 bits per heavy atom.